The molecule has 1 rings (SSSR count). The van der Waals surface area contributed by atoms with E-state index in [9.17, 15) is 9.59 Å². The maximum atomic E-state index is 11.3. The lowest BCUT2D eigenvalue weighted by atomic mass is 10.4. The summed E-state index contributed by atoms with van der Waals surface area (Å²) in [6.45, 7) is 0. The van der Waals surface area contributed by atoms with Crippen LogP contribution < -0.4 is 4.90 Å². The van der Waals surface area contributed by atoms with E-state index >= 15 is 0 Å². The second-order valence-corrected chi connectivity index (χ2v) is 2.49. The van der Waals surface area contributed by atoms with Crippen molar-refractivity contribution < 1.29 is 19.1 Å². The normalized spacial score (nSPS) is 9.20. The molecule has 1 heterocycles. The fourth-order valence-corrected chi connectivity index (χ4v) is 0.954. The van der Waals surface area contributed by atoms with Crippen LogP contribution in [0.2, 0.25) is 0 Å². The molecule has 15 heavy (non-hydrogen) atoms. The molecule has 0 atom stereocenters. The number of methoxy groups -OCH3 is 2. The van der Waals surface area contributed by atoms with Crippen LogP contribution in [0.25, 0.3) is 0 Å². The fraction of sp³-hybridized carbons (Fsp3) is 0.222. The van der Waals surface area contributed by atoms with E-state index in [0.717, 1.165) is 4.90 Å². The van der Waals surface area contributed by atoms with Gasteiger partial charge in [-0.25, -0.2) is 9.59 Å². The number of imide groups is 1. The highest BCUT2D eigenvalue weighted by Crippen LogP contribution is 2.13. The van der Waals surface area contributed by atoms with Crippen molar-refractivity contribution >= 4 is 17.9 Å². The molecule has 1 aromatic heterocycles. The van der Waals surface area contributed by atoms with Crippen molar-refractivity contribution in [2.45, 2.75) is 0 Å². The van der Waals surface area contributed by atoms with Gasteiger partial charge in [-0.2, -0.15) is 4.90 Å². The number of ether oxygens (including phenoxy) is 2. The van der Waals surface area contributed by atoms with Gasteiger partial charge in [0.1, 0.15) is 0 Å². The summed E-state index contributed by atoms with van der Waals surface area (Å²) in [6, 6.07) is 3.13. The van der Waals surface area contributed by atoms with Crippen LogP contribution in [-0.4, -0.2) is 31.4 Å². The van der Waals surface area contributed by atoms with Gasteiger partial charge >= 0.3 is 12.2 Å². The number of amides is 2. The van der Waals surface area contributed by atoms with Crippen LogP contribution >= 0.6 is 0 Å². The lowest BCUT2D eigenvalue weighted by Gasteiger charge is -2.16. The molecular weight excluding hydrogens is 200 g/mol. The summed E-state index contributed by atoms with van der Waals surface area (Å²) < 4.78 is 8.90. The summed E-state index contributed by atoms with van der Waals surface area (Å²) >= 11 is 0. The van der Waals surface area contributed by atoms with E-state index in [1.54, 1.807) is 12.1 Å². The molecule has 0 spiro atoms. The first-order chi connectivity index (χ1) is 7.20. The molecule has 0 aliphatic carbocycles. The fourth-order valence-electron chi connectivity index (χ4n) is 0.954. The smallest absolute Gasteiger partial charge is 0.423 e. The minimum atomic E-state index is -0.824. The van der Waals surface area contributed by atoms with Crippen molar-refractivity contribution in [3.63, 3.8) is 0 Å². The average Bonchev–Trinajstić information content (AvgIpc) is 2.30. The molecule has 2 amide bonds. The Hall–Kier alpha value is -2.11. The summed E-state index contributed by atoms with van der Waals surface area (Å²) in [5.41, 5.74) is 0.288. The van der Waals surface area contributed by atoms with Crippen LogP contribution in [-0.2, 0) is 9.47 Å². The van der Waals surface area contributed by atoms with Gasteiger partial charge in [0.05, 0.1) is 26.1 Å². The van der Waals surface area contributed by atoms with Gasteiger partial charge in [-0.3, -0.25) is 4.98 Å². The van der Waals surface area contributed by atoms with Gasteiger partial charge in [-0.1, -0.05) is 0 Å². The Bertz CT molecular complexity index is 336. The van der Waals surface area contributed by atoms with Gasteiger partial charge in [-0.05, 0) is 12.1 Å². The monoisotopic (exact) mass is 210 g/mol. The maximum absolute atomic E-state index is 11.3. The molecule has 0 saturated carbocycles. The maximum Gasteiger partial charge on any atom is 0.423 e. The van der Waals surface area contributed by atoms with Crippen molar-refractivity contribution in [3.8, 4) is 0 Å². The predicted molar refractivity (Wildman–Crippen MR) is 51.5 cm³/mol. The van der Waals surface area contributed by atoms with Crippen LogP contribution in [0.1, 0.15) is 0 Å². The Morgan fingerprint density at radius 1 is 1.27 bits per heavy atom. The second kappa shape index (κ2) is 4.94. The van der Waals surface area contributed by atoms with Gasteiger partial charge in [-0.15, -0.1) is 0 Å². The molecular formula is C9H10N2O4. The highest BCUT2D eigenvalue weighted by atomic mass is 16.6. The molecule has 0 bridgehead atoms. The first-order valence-electron chi connectivity index (χ1n) is 4.06. The third-order valence-corrected chi connectivity index (χ3v) is 1.62. The molecule has 0 unspecified atom stereocenters. The Morgan fingerprint density at radius 3 is 2.27 bits per heavy atom. The Morgan fingerprint density at radius 2 is 1.87 bits per heavy atom. The number of carbonyl (C=O) groups is 2. The van der Waals surface area contributed by atoms with Gasteiger partial charge in [0.25, 0.3) is 0 Å². The molecule has 0 radical (unpaired) electrons. The number of hydrogen-bond donors (Lipinski definition) is 0. The standard InChI is InChI=1S/C9H10N2O4/c1-14-8(12)11(9(13)15-2)7-4-3-5-10-6-7/h3-6H,1-2H3. The Labute approximate surface area is 86.4 Å². The van der Waals surface area contributed by atoms with E-state index < -0.39 is 12.2 Å². The first kappa shape index (κ1) is 11.0. The van der Waals surface area contributed by atoms with Gasteiger partial charge < -0.3 is 9.47 Å². The number of carbonyl (C=O) groups excluding carboxylic acids is 2. The molecule has 0 aliphatic rings. The third-order valence-electron chi connectivity index (χ3n) is 1.62. The van der Waals surface area contributed by atoms with E-state index in [4.69, 9.17) is 0 Å². The van der Waals surface area contributed by atoms with Gasteiger partial charge in [0, 0.05) is 6.20 Å². The molecule has 0 fully saturated rings. The van der Waals surface area contributed by atoms with E-state index in [2.05, 4.69) is 14.5 Å². The second-order valence-electron chi connectivity index (χ2n) is 2.49. The Balaban J connectivity index is 3.02. The zero-order valence-electron chi connectivity index (χ0n) is 8.34. The van der Waals surface area contributed by atoms with Gasteiger partial charge in [0.2, 0.25) is 0 Å². The van der Waals surface area contributed by atoms with Crippen molar-refractivity contribution in [2.24, 2.45) is 0 Å². The summed E-state index contributed by atoms with van der Waals surface area (Å²) in [4.78, 5) is 27.1. The minimum absolute atomic E-state index is 0.288. The topological polar surface area (TPSA) is 68.7 Å². The van der Waals surface area contributed by atoms with Crippen LogP contribution in [0.5, 0.6) is 0 Å². The zero-order chi connectivity index (χ0) is 11.3. The van der Waals surface area contributed by atoms with Crippen molar-refractivity contribution in [1.29, 1.82) is 0 Å². The lowest BCUT2D eigenvalue weighted by molar-refractivity contribution is 0.159. The average molecular weight is 210 g/mol. The largest absolute Gasteiger partial charge is 0.452 e. The number of aromatic nitrogens is 1. The highest BCUT2D eigenvalue weighted by molar-refractivity contribution is 6.09. The van der Waals surface area contributed by atoms with E-state index in [1.165, 1.54) is 26.6 Å². The number of anilines is 1. The van der Waals surface area contributed by atoms with Crippen molar-refractivity contribution in [3.05, 3.63) is 24.5 Å². The minimum Gasteiger partial charge on any atom is -0.452 e. The third kappa shape index (κ3) is 2.43. The number of hydrogen-bond acceptors (Lipinski definition) is 5. The van der Waals surface area contributed by atoms with Crippen LogP contribution in [0.15, 0.2) is 24.5 Å². The van der Waals surface area contributed by atoms with Crippen LogP contribution in [0.4, 0.5) is 15.3 Å². The molecule has 0 saturated heterocycles. The SMILES string of the molecule is COC(=O)N(C(=O)OC)c1cccnc1. The number of nitrogens with zero attached hydrogens (tertiary/aromatic N) is 2. The highest BCUT2D eigenvalue weighted by Gasteiger charge is 2.24. The van der Waals surface area contributed by atoms with E-state index in [-0.39, 0.29) is 5.69 Å². The first-order valence-corrected chi connectivity index (χ1v) is 4.06. The molecule has 0 aromatic carbocycles. The summed E-state index contributed by atoms with van der Waals surface area (Å²) in [5.74, 6) is 0. The molecule has 6 nitrogen and oxygen atoms in total. The number of pyridine rings is 1. The van der Waals surface area contributed by atoms with Crippen LogP contribution in [0.3, 0.4) is 0 Å². The molecule has 0 N–H and O–H groups in total. The number of rotatable bonds is 1. The Kier molecular flexibility index (Phi) is 3.61. The van der Waals surface area contributed by atoms with Crippen molar-refractivity contribution in [2.75, 3.05) is 19.1 Å². The predicted octanol–water partition coefficient (Wildman–Crippen LogP) is 1.42. The summed E-state index contributed by atoms with van der Waals surface area (Å²) in [7, 11) is 2.35. The molecule has 6 heteroatoms. The zero-order valence-corrected chi connectivity index (χ0v) is 8.34. The molecule has 80 valence electrons. The van der Waals surface area contributed by atoms with Crippen molar-refractivity contribution in [1.82, 2.24) is 4.98 Å². The summed E-state index contributed by atoms with van der Waals surface area (Å²) in [5, 5.41) is 0. The van der Waals surface area contributed by atoms with Crippen LogP contribution in [0, 0.1) is 0 Å². The molecule has 0 aliphatic heterocycles. The lowest BCUT2D eigenvalue weighted by Crippen LogP contribution is -2.36. The summed E-state index contributed by atoms with van der Waals surface area (Å²) in [6.07, 6.45) is 1.23. The quantitative estimate of drug-likeness (QED) is 0.701. The van der Waals surface area contributed by atoms with E-state index in [1.807, 2.05) is 0 Å². The van der Waals surface area contributed by atoms with Gasteiger partial charge in [0.15, 0.2) is 0 Å². The van der Waals surface area contributed by atoms with E-state index in [0.29, 0.717) is 0 Å². The molecule has 1 aromatic rings.